The summed E-state index contributed by atoms with van der Waals surface area (Å²) < 4.78 is 0. The number of nitrogens with one attached hydrogen (secondary N) is 1. The van der Waals surface area contributed by atoms with E-state index in [-0.39, 0.29) is 6.04 Å². The van der Waals surface area contributed by atoms with E-state index in [9.17, 15) is 0 Å². The molecule has 0 aromatic heterocycles. The molecule has 0 saturated heterocycles. The van der Waals surface area contributed by atoms with Crippen LogP contribution in [0.25, 0.3) is 5.73 Å². The second kappa shape index (κ2) is 9.58. The molecule has 0 aromatic carbocycles. The maximum absolute atomic E-state index is 7.27. The van der Waals surface area contributed by atoms with Crippen LogP contribution in [-0.4, -0.2) is 21.3 Å². The fraction of sp³-hybridized carbons (Fsp3) is 1.00. The largest absolute Gasteiger partial charge is 0.675 e. The average molecular weight is 183 g/mol. The third-order valence-corrected chi connectivity index (χ3v) is 3.34. The number of hydrogen-bond donors (Lipinski definition) is 0. The first-order valence-electron chi connectivity index (χ1n) is 5.34. The molecule has 0 spiro atoms. The Morgan fingerprint density at radius 2 is 1.58 bits per heavy atom. The Bertz CT molecular complexity index is 77.9. The van der Waals surface area contributed by atoms with Crippen LogP contribution in [0.2, 0.25) is 10.6 Å². The van der Waals surface area contributed by atoms with E-state index in [2.05, 4.69) is 13.8 Å². The zero-order chi connectivity index (χ0) is 9.23. The monoisotopic (exact) mass is 183 g/mol. The molecule has 0 aliphatic heterocycles. The summed E-state index contributed by atoms with van der Waals surface area (Å²) in [6, 6.07) is 0.286. The molecule has 0 unspecified atom stereocenters. The van der Waals surface area contributed by atoms with E-state index < -0.39 is 0 Å². The van der Waals surface area contributed by atoms with E-state index in [1.807, 2.05) is 0 Å². The van der Waals surface area contributed by atoms with Crippen LogP contribution in [0.3, 0.4) is 0 Å². The molecule has 0 bridgehead atoms. The van der Waals surface area contributed by atoms with Crippen molar-refractivity contribution in [3.63, 3.8) is 0 Å². The third kappa shape index (κ3) is 8.59. The van der Waals surface area contributed by atoms with Crippen molar-refractivity contribution in [3.8, 4) is 0 Å². The van der Waals surface area contributed by atoms with Gasteiger partial charge in [0, 0.05) is 0 Å². The Hall–Kier alpha value is 0.492. The zero-order valence-corrected chi connectivity index (χ0v) is 9.76. The van der Waals surface area contributed by atoms with E-state index in [1.54, 1.807) is 0 Å². The van der Waals surface area contributed by atoms with Crippen molar-refractivity contribution < 1.29 is 0 Å². The van der Waals surface area contributed by atoms with Crippen LogP contribution in [0.15, 0.2) is 0 Å². The molecule has 0 amide bonds. The Morgan fingerprint density at radius 3 is 1.75 bits per heavy atom. The quantitative estimate of drug-likeness (QED) is 0.579. The van der Waals surface area contributed by atoms with Crippen LogP contribution in [0.1, 0.15) is 46.0 Å². The molecule has 70 valence electrons. The smallest absolute Gasteiger partial charge is 0.0534 e. The van der Waals surface area contributed by atoms with E-state index in [0.29, 0.717) is 0 Å². The summed E-state index contributed by atoms with van der Waals surface area (Å²) in [6.07, 6.45) is 6.28. The Kier molecular flexibility index (Phi) is 9.97. The fourth-order valence-corrected chi connectivity index (χ4v) is 1.97. The summed E-state index contributed by atoms with van der Waals surface area (Å²) in [6.45, 7) is 4.50. The maximum atomic E-state index is 7.27. The van der Waals surface area contributed by atoms with Crippen molar-refractivity contribution in [3.05, 3.63) is 5.73 Å². The van der Waals surface area contributed by atoms with Gasteiger partial charge in [-0.25, -0.2) is 0 Å². The molecule has 1 nitrogen and oxygen atoms in total. The van der Waals surface area contributed by atoms with Crippen molar-refractivity contribution in [2.75, 3.05) is 0 Å². The van der Waals surface area contributed by atoms with Gasteiger partial charge in [0.2, 0.25) is 0 Å². The average Bonchev–Trinajstić information content (AvgIpc) is 2.08. The topological polar surface area (TPSA) is 23.8 Å². The number of rotatable bonds is 2. The molecule has 0 radical (unpaired) electrons. The molecule has 1 rings (SSSR count). The number of hydrogen-bond acceptors (Lipinski definition) is 0. The minimum Gasteiger partial charge on any atom is -0.675 e. The van der Waals surface area contributed by atoms with E-state index in [4.69, 9.17) is 5.73 Å². The molecule has 2 heteroatoms. The molecule has 1 saturated carbocycles. The van der Waals surface area contributed by atoms with Crippen molar-refractivity contribution in [1.29, 1.82) is 0 Å². The van der Waals surface area contributed by atoms with Gasteiger partial charge in [-0.15, -0.1) is 6.04 Å². The summed E-state index contributed by atoms with van der Waals surface area (Å²) >= 11 is 0.815. The molecule has 1 aliphatic rings. The van der Waals surface area contributed by atoms with Gasteiger partial charge in [0.1, 0.15) is 0 Å². The van der Waals surface area contributed by atoms with Gasteiger partial charge in [-0.05, 0) is 0 Å². The van der Waals surface area contributed by atoms with E-state index in [0.717, 1.165) is 28.1 Å². The summed E-state index contributed by atoms with van der Waals surface area (Å²) in [5.41, 5.74) is 7.27. The summed E-state index contributed by atoms with van der Waals surface area (Å²) in [5, 5.41) is 2.85. The summed E-state index contributed by atoms with van der Waals surface area (Å²) in [4.78, 5) is 0. The Morgan fingerprint density at radius 1 is 1.08 bits per heavy atom. The molecule has 1 fully saturated rings. The van der Waals surface area contributed by atoms with Crippen LogP contribution in [0.4, 0.5) is 0 Å². The van der Waals surface area contributed by atoms with E-state index in [1.165, 1.54) is 29.8 Å². The van der Waals surface area contributed by atoms with Gasteiger partial charge in [0.15, 0.2) is 0 Å². The second-order valence-electron chi connectivity index (χ2n) is 3.44. The van der Waals surface area contributed by atoms with Gasteiger partial charge in [-0.1, -0.05) is 32.1 Å². The second-order valence-corrected chi connectivity index (χ2v) is 5.65. The molecule has 12 heavy (non-hydrogen) atoms. The fourth-order valence-electron chi connectivity index (χ4n) is 1.39. The summed E-state index contributed by atoms with van der Waals surface area (Å²) in [7, 11) is 0. The zero-order valence-electron chi connectivity index (χ0n) is 8.60. The van der Waals surface area contributed by atoms with Crippen LogP contribution in [0.5, 0.6) is 0 Å². The predicted octanol–water partition coefficient (Wildman–Crippen LogP) is 3.94. The molecule has 0 aromatic rings. The minimum absolute atomic E-state index is 0.286. The molecule has 0 atom stereocenters. The van der Waals surface area contributed by atoms with Gasteiger partial charge in [0.05, 0.1) is 0 Å². The predicted molar refractivity (Wildman–Crippen MR) is 57.9 cm³/mol. The molecular weight excluding hydrogens is 161 g/mol. The van der Waals surface area contributed by atoms with Gasteiger partial charge in [0.25, 0.3) is 0 Å². The maximum Gasteiger partial charge on any atom is -0.0534 e. The first-order valence-corrected chi connectivity index (χ1v) is 6.97. The minimum atomic E-state index is 0.286. The van der Waals surface area contributed by atoms with Crippen molar-refractivity contribution in [2.45, 2.75) is 62.6 Å². The van der Waals surface area contributed by atoms with Gasteiger partial charge >= 0.3 is 39.6 Å². The van der Waals surface area contributed by atoms with Gasteiger partial charge < -0.3 is 5.73 Å². The molecular formula is C10H22AlN. The van der Waals surface area contributed by atoms with Crippen molar-refractivity contribution in [1.82, 2.24) is 0 Å². The Labute approximate surface area is 83.8 Å². The third-order valence-electron chi connectivity index (χ3n) is 2.18. The molecule has 1 aliphatic carbocycles. The molecule has 1 N–H and O–H groups in total. The van der Waals surface area contributed by atoms with Crippen molar-refractivity contribution >= 4 is 15.2 Å². The first kappa shape index (κ1) is 12.5. The van der Waals surface area contributed by atoms with Gasteiger partial charge in [-0.2, -0.15) is 0 Å². The molecule has 0 heterocycles. The van der Waals surface area contributed by atoms with Crippen molar-refractivity contribution in [2.24, 2.45) is 0 Å². The normalized spacial score (nSPS) is 17.6. The van der Waals surface area contributed by atoms with Gasteiger partial charge in [-0.3, -0.25) is 0 Å². The van der Waals surface area contributed by atoms with Crippen LogP contribution < -0.4 is 0 Å². The SMILES string of the molecule is C[CH2][Al+][CH2]C.[NH-]C1CCCCC1. The summed E-state index contributed by atoms with van der Waals surface area (Å²) in [5.74, 6) is 0. The standard InChI is InChI=1S/C6H12N.2C2H5.Al/c7-6-4-2-1-3-5-6;2*1-2;/h6-7H,1-5H2;2*1H2,2H3;/q-1;;;+1. The van der Waals surface area contributed by atoms with Crippen LogP contribution in [-0.2, 0) is 0 Å². The Balaban J connectivity index is 0.000000217. The van der Waals surface area contributed by atoms with Crippen LogP contribution in [0, 0.1) is 0 Å². The van der Waals surface area contributed by atoms with E-state index >= 15 is 0 Å². The van der Waals surface area contributed by atoms with Crippen LogP contribution >= 0.6 is 0 Å². The first-order chi connectivity index (χ1) is 5.81.